The van der Waals surface area contributed by atoms with Crippen molar-refractivity contribution in [3.63, 3.8) is 0 Å². The van der Waals surface area contributed by atoms with Gasteiger partial charge in [-0.05, 0) is 34.1 Å². The standard InChI is InChI=1S/C16H13NO/c18-16-9-7-14-13-5-4-10-2-1-3-11(10)12(13)6-8-15(14)17-16/h1-6,8,14H,7,9H2,(H,17,18). The van der Waals surface area contributed by atoms with E-state index in [0.29, 0.717) is 12.3 Å². The Morgan fingerprint density at radius 1 is 1.11 bits per heavy atom. The molecular formula is C16H13NO. The van der Waals surface area contributed by atoms with E-state index in [0.717, 1.165) is 12.1 Å². The van der Waals surface area contributed by atoms with Gasteiger partial charge >= 0.3 is 0 Å². The van der Waals surface area contributed by atoms with Crippen LogP contribution < -0.4 is 15.8 Å². The molecule has 1 fully saturated rings. The molecule has 0 aromatic heterocycles. The summed E-state index contributed by atoms with van der Waals surface area (Å²) in [5, 5.41) is 5.63. The molecule has 1 atom stereocenters. The number of benzene rings is 1. The maximum atomic E-state index is 11.4. The lowest BCUT2D eigenvalue weighted by Crippen LogP contribution is -2.39. The highest BCUT2D eigenvalue weighted by Crippen LogP contribution is 2.30. The quantitative estimate of drug-likeness (QED) is 0.718. The topological polar surface area (TPSA) is 29.1 Å². The van der Waals surface area contributed by atoms with Gasteiger partial charge in [0.1, 0.15) is 0 Å². The van der Waals surface area contributed by atoms with E-state index in [4.69, 9.17) is 0 Å². The summed E-state index contributed by atoms with van der Waals surface area (Å²) in [7, 11) is 0. The van der Waals surface area contributed by atoms with Gasteiger partial charge in [0.2, 0.25) is 5.91 Å². The fourth-order valence-electron chi connectivity index (χ4n) is 3.13. The van der Waals surface area contributed by atoms with Gasteiger partial charge in [0.05, 0.1) is 0 Å². The highest BCUT2D eigenvalue weighted by Gasteiger charge is 2.27. The number of piperidine rings is 1. The zero-order valence-electron chi connectivity index (χ0n) is 9.94. The van der Waals surface area contributed by atoms with Gasteiger partial charge in [0, 0.05) is 18.0 Å². The minimum atomic E-state index is 0.142. The van der Waals surface area contributed by atoms with E-state index in [1.165, 1.54) is 21.6 Å². The Hall–Kier alpha value is -2.09. The number of nitrogens with one attached hydrogen (secondary N) is 1. The molecule has 0 radical (unpaired) electrons. The summed E-state index contributed by atoms with van der Waals surface area (Å²) in [6.07, 6.45) is 12.2. The molecule has 0 spiro atoms. The van der Waals surface area contributed by atoms with Crippen LogP contribution >= 0.6 is 0 Å². The minimum Gasteiger partial charge on any atom is -0.329 e. The second kappa shape index (κ2) is 3.45. The van der Waals surface area contributed by atoms with Crippen molar-refractivity contribution in [1.82, 2.24) is 5.32 Å². The molecule has 18 heavy (non-hydrogen) atoms. The molecule has 1 heterocycles. The maximum absolute atomic E-state index is 11.4. The molecule has 3 aliphatic rings. The van der Waals surface area contributed by atoms with Gasteiger partial charge < -0.3 is 5.32 Å². The highest BCUT2D eigenvalue weighted by molar-refractivity contribution is 5.81. The molecule has 1 N–H and O–H groups in total. The smallest absolute Gasteiger partial charge is 0.224 e. The highest BCUT2D eigenvalue weighted by atomic mass is 16.1. The minimum absolute atomic E-state index is 0.142. The number of hydrogen-bond donors (Lipinski definition) is 1. The van der Waals surface area contributed by atoms with Gasteiger partial charge in [-0.25, -0.2) is 0 Å². The monoisotopic (exact) mass is 235 g/mol. The van der Waals surface area contributed by atoms with Crippen LogP contribution in [0.3, 0.4) is 0 Å². The molecule has 1 amide bonds. The zero-order valence-corrected chi connectivity index (χ0v) is 9.94. The summed E-state index contributed by atoms with van der Waals surface area (Å²) < 4.78 is 0. The third-order valence-corrected chi connectivity index (χ3v) is 4.02. The Bertz CT molecular complexity index is 737. The summed E-state index contributed by atoms with van der Waals surface area (Å²) in [6.45, 7) is 0. The fraction of sp³-hybridized carbons (Fsp3) is 0.188. The molecule has 2 nitrogen and oxygen atoms in total. The van der Waals surface area contributed by atoms with Crippen LogP contribution in [0.25, 0.3) is 18.2 Å². The Labute approximate surface area is 105 Å². The molecule has 1 saturated heterocycles. The lowest BCUT2D eigenvalue weighted by molar-refractivity contribution is -0.121. The van der Waals surface area contributed by atoms with Crippen molar-refractivity contribution in [1.29, 1.82) is 0 Å². The van der Waals surface area contributed by atoms with Crippen LogP contribution in [0.15, 0.2) is 30.0 Å². The molecule has 88 valence electrons. The molecule has 0 bridgehead atoms. The maximum Gasteiger partial charge on any atom is 0.224 e. The zero-order chi connectivity index (χ0) is 12.1. The summed E-state index contributed by atoms with van der Waals surface area (Å²) in [6, 6.07) is 4.39. The largest absolute Gasteiger partial charge is 0.329 e. The van der Waals surface area contributed by atoms with Gasteiger partial charge in [-0.3, -0.25) is 4.79 Å². The first-order chi connectivity index (χ1) is 8.83. The van der Waals surface area contributed by atoms with E-state index >= 15 is 0 Å². The number of fused-ring (bicyclic) bond motifs is 5. The van der Waals surface area contributed by atoms with Crippen molar-refractivity contribution in [3.05, 3.63) is 51.5 Å². The van der Waals surface area contributed by atoms with Gasteiger partial charge in [-0.15, -0.1) is 0 Å². The van der Waals surface area contributed by atoms with Crippen molar-refractivity contribution >= 4 is 24.1 Å². The van der Waals surface area contributed by atoms with Gasteiger partial charge in [0.25, 0.3) is 0 Å². The van der Waals surface area contributed by atoms with E-state index < -0.39 is 0 Å². The lowest BCUT2D eigenvalue weighted by atomic mass is 9.83. The van der Waals surface area contributed by atoms with E-state index in [-0.39, 0.29) is 5.91 Å². The second-order valence-corrected chi connectivity index (χ2v) is 5.03. The molecule has 2 heteroatoms. The van der Waals surface area contributed by atoms with Gasteiger partial charge in [-0.2, -0.15) is 0 Å². The molecule has 4 rings (SSSR count). The van der Waals surface area contributed by atoms with Crippen molar-refractivity contribution in [2.24, 2.45) is 0 Å². The van der Waals surface area contributed by atoms with Crippen molar-refractivity contribution < 1.29 is 4.79 Å². The average Bonchev–Trinajstić information content (AvgIpc) is 2.86. The second-order valence-electron chi connectivity index (χ2n) is 5.03. The number of carbonyl (C=O) groups is 1. The van der Waals surface area contributed by atoms with E-state index in [1.54, 1.807) is 0 Å². The predicted molar refractivity (Wildman–Crippen MR) is 71.9 cm³/mol. The average molecular weight is 235 g/mol. The van der Waals surface area contributed by atoms with Crippen LogP contribution in [0.4, 0.5) is 0 Å². The van der Waals surface area contributed by atoms with E-state index in [2.05, 4.69) is 47.8 Å². The van der Waals surface area contributed by atoms with E-state index in [9.17, 15) is 4.79 Å². The summed E-state index contributed by atoms with van der Waals surface area (Å²) in [4.78, 5) is 11.4. The van der Waals surface area contributed by atoms with Gasteiger partial charge in [0.15, 0.2) is 0 Å². The Morgan fingerprint density at radius 3 is 3.00 bits per heavy atom. The number of hydrogen-bond acceptors (Lipinski definition) is 1. The number of carbonyl (C=O) groups excluding carboxylic acids is 1. The van der Waals surface area contributed by atoms with Crippen LogP contribution in [0.1, 0.15) is 29.9 Å². The van der Waals surface area contributed by atoms with Gasteiger partial charge in [-0.1, -0.05) is 36.4 Å². The van der Waals surface area contributed by atoms with Crippen LogP contribution in [-0.2, 0) is 4.79 Å². The number of allylic oxidation sites excluding steroid dienone is 3. The molecule has 2 aliphatic carbocycles. The summed E-state index contributed by atoms with van der Waals surface area (Å²) in [5.74, 6) is 0.505. The third kappa shape index (κ3) is 1.26. The van der Waals surface area contributed by atoms with E-state index in [1.807, 2.05) is 0 Å². The first-order valence-corrected chi connectivity index (χ1v) is 6.36. The van der Waals surface area contributed by atoms with Crippen LogP contribution in [-0.4, -0.2) is 5.91 Å². The van der Waals surface area contributed by atoms with Crippen LogP contribution in [0.2, 0.25) is 0 Å². The molecule has 1 aromatic rings. The Kier molecular flexibility index (Phi) is 1.90. The first-order valence-electron chi connectivity index (χ1n) is 6.36. The molecule has 0 saturated carbocycles. The van der Waals surface area contributed by atoms with Crippen LogP contribution in [0.5, 0.6) is 0 Å². The molecule has 1 unspecified atom stereocenters. The number of amides is 1. The fourth-order valence-corrected chi connectivity index (χ4v) is 3.13. The molecule has 1 aromatic carbocycles. The van der Waals surface area contributed by atoms with Crippen molar-refractivity contribution in [2.45, 2.75) is 18.8 Å². The summed E-state index contributed by atoms with van der Waals surface area (Å²) >= 11 is 0. The lowest BCUT2D eigenvalue weighted by Gasteiger charge is -2.28. The normalized spacial score (nSPS) is 23.0. The third-order valence-electron chi connectivity index (χ3n) is 4.02. The van der Waals surface area contributed by atoms with Crippen LogP contribution in [0, 0.1) is 0 Å². The summed E-state index contributed by atoms with van der Waals surface area (Å²) in [5.41, 5.74) is 3.71. The van der Waals surface area contributed by atoms with Crippen molar-refractivity contribution in [2.75, 3.05) is 0 Å². The van der Waals surface area contributed by atoms with Crippen molar-refractivity contribution in [3.8, 4) is 0 Å². The first kappa shape index (κ1) is 9.89. The predicted octanol–water partition coefficient (Wildman–Crippen LogP) is 1.17. The Balaban J connectivity index is 1.97. The molecular weight excluding hydrogens is 222 g/mol. The molecule has 1 aliphatic heterocycles. The SMILES string of the molecule is O=C1CCC2C(=CC=c3c2ccc2c3=CC=C2)N1. The number of rotatable bonds is 0. The Morgan fingerprint density at radius 2 is 2.06 bits per heavy atom.